The fraction of sp³-hybridized carbons (Fsp3) is 0.174. The number of Topliss-reactive ketones (excluding diaryl/α,β-unsaturated/α-hetero) is 1. The Hall–Kier alpha value is -3.74. The summed E-state index contributed by atoms with van der Waals surface area (Å²) >= 11 is 0. The third-order valence-corrected chi connectivity index (χ3v) is 5.82. The maximum absolute atomic E-state index is 13.6. The summed E-state index contributed by atoms with van der Waals surface area (Å²) in [5.41, 5.74) is 16.0. The quantitative estimate of drug-likeness (QED) is 0.604. The number of anilines is 3. The number of hydrogen-bond acceptors (Lipinski definition) is 6. The molecule has 3 aromatic rings. The minimum atomic E-state index is -0.471. The number of carbonyl (C=O) groups is 1. The molecule has 0 saturated heterocycles. The first-order valence-corrected chi connectivity index (χ1v) is 9.78. The van der Waals surface area contributed by atoms with Gasteiger partial charge in [0, 0.05) is 29.2 Å². The summed E-state index contributed by atoms with van der Waals surface area (Å²) < 4.78 is 13.6. The normalized spacial score (nSPS) is 20.4. The van der Waals surface area contributed by atoms with Crippen molar-refractivity contribution in [2.45, 2.75) is 24.7 Å². The molecule has 1 aromatic heterocycles. The van der Waals surface area contributed by atoms with E-state index in [1.54, 1.807) is 12.1 Å². The second-order valence-corrected chi connectivity index (χ2v) is 7.67. The van der Waals surface area contributed by atoms with Gasteiger partial charge in [-0.2, -0.15) is 9.97 Å². The van der Waals surface area contributed by atoms with Gasteiger partial charge in [-0.3, -0.25) is 4.79 Å². The lowest BCUT2D eigenvalue weighted by Gasteiger charge is -2.36. The summed E-state index contributed by atoms with van der Waals surface area (Å²) in [4.78, 5) is 21.8. The van der Waals surface area contributed by atoms with Gasteiger partial charge >= 0.3 is 0 Å². The number of nitrogens with one attached hydrogen (secondary N) is 1. The average molecular weight is 401 g/mol. The molecule has 1 aliphatic heterocycles. The predicted octanol–water partition coefficient (Wildman–Crippen LogP) is 3.74. The first kappa shape index (κ1) is 18.3. The van der Waals surface area contributed by atoms with Crippen LogP contribution in [0.25, 0.3) is 0 Å². The molecule has 0 fully saturated rings. The molecule has 2 aliphatic rings. The number of hydrogen-bond donors (Lipinski definition) is 3. The lowest BCUT2D eigenvalue weighted by molar-refractivity contribution is -0.116. The number of fused-ring (bicyclic) bond motifs is 1. The lowest BCUT2D eigenvalue weighted by Crippen LogP contribution is -2.31. The zero-order valence-electron chi connectivity index (χ0n) is 16.1. The van der Waals surface area contributed by atoms with Gasteiger partial charge in [-0.05, 0) is 35.6 Å². The molecule has 2 heterocycles. The largest absolute Gasteiger partial charge is 0.383 e. The molecule has 0 radical (unpaired) electrons. The van der Waals surface area contributed by atoms with Gasteiger partial charge < -0.3 is 16.8 Å². The monoisotopic (exact) mass is 401 g/mol. The number of nitrogen functional groups attached to an aromatic ring is 2. The van der Waals surface area contributed by atoms with Crippen LogP contribution in [-0.4, -0.2) is 15.8 Å². The molecular weight excluding hydrogens is 381 g/mol. The maximum Gasteiger partial charge on any atom is 0.223 e. The van der Waals surface area contributed by atoms with E-state index in [-0.39, 0.29) is 29.3 Å². The van der Waals surface area contributed by atoms with Crippen LogP contribution in [0.15, 0.2) is 65.9 Å². The Morgan fingerprint density at radius 1 is 0.933 bits per heavy atom. The number of benzene rings is 2. The highest BCUT2D eigenvalue weighted by Crippen LogP contribution is 2.48. The van der Waals surface area contributed by atoms with E-state index in [0.29, 0.717) is 29.8 Å². The van der Waals surface area contributed by atoms with Gasteiger partial charge in [0.1, 0.15) is 17.5 Å². The summed E-state index contributed by atoms with van der Waals surface area (Å²) in [6.07, 6.45) is 1.05. The van der Waals surface area contributed by atoms with Crippen LogP contribution >= 0.6 is 0 Å². The van der Waals surface area contributed by atoms with E-state index in [0.717, 1.165) is 16.8 Å². The van der Waals surface area contributed by atoms with Crippen LogP contribution in [0.4, 0.5) is 22.0 Å². The van der Waals surface area contributed by atoms with Crippen LogP contribution in [-0.2, 0) is 4.79 Å². The van der Waals surface area contributed by atoms with Gasteiger partial charge in [-0.15, -0.1) is 0 Å². The fourth-order valence-electron chi connectivity index (χ4n) is 4.51. The molecule has 30 heavy (non-hydrogen) atoms. The van der Waals surface area contributed by atoms with Crippen molar-refractivity contribution in [3.63, 3.8) is 0 Å². The van der Waals surface area contributed by atoms with Gasteiger partial charge in [0.15, 0.2) is 5.78 Å². The third-order valence-electron chi connectivity index (χ3n) is 5.82. The standard InChI is InChI=1S/C23H20FN5O/c24-15-8-6-13(7-9-15)18-19-16(27-22-20(18)21(25)28-23(26)29-22)10-14(11-17(19)30)12-4-2-1-3-5-12/h1-9,14,18H,10-11H2,(H5,25,26,27,28,29)/t14-,18-/m0/s1. The summed E-state index contributed by atoms with van der Waals surface area (Å²) in [6, 6.07) is 16.1. The molecule has 0 bridgehead atoms. The third kappa shape index (κ3) is 2.99. The molecule has 0 amide bonds. The average Bonchev–Trinajstić information content (AvgIpc) is 2.73. The molecular formula is C23H20FN5O. The Bertz CT molecular complexity index is 1170. The number of halogens is 1. The number of nitrogens with two attached hydrogens (primary N) is 2. The molecule has 0 unspecified atom stereocenters. The number of allylic oxidation sites excluding steroid dienone is 2. The van der Waals surface area contributed by atoms with Crippen LogP contribution < -0.4 is 16.8 Å². The Balaban J connectivity index is 1.67. The summed E-state index contributed by atoms with van der Waals surface area (Å²) in [5.74, 6) is 0.0518. The molecule has 7 heteroatoms. The Labute approximate surface area is 172 Å². The second-order valence-electron chi connectivity index (χ2n) is 7.67. The van der Waals surface area contributed by atoms with Crippen molar-refractivity contribution in [3.05, 3.63) is 88.4 Å². The van der Waals surface area contributed by atoms with Crippen molar-refractivity contribution in [2.75, 3.05) is 16.8 Å². The van der Waals surface area contributed by atoms with Crippen molar-refractivity contribution in [2.24, 2.45) is 0 Å². The Kier molecular flexibility index (Phi) is 4.24. The molecule has 5 rings (SSSR count). The Morgan fingerprint density at radius 2 is 1.67 bits per heavy atom. The number of nitrogens with zero attached hydrogens (tertiary/aromatic N) is 2. The number of aromatic nitrogens is 2. The Morgan fingerprint density at radius 3 is 2.40 bits per heavy atom. The number of rotatable bonds is 2. The topological polar surface area (TPSA) is 107 Å². The smallest absolute Gasteiger partial charge is 0.223 e. The van der Waals surface area contributed by atoms with Crippen LogP contribution in [0.5, 0.6) is 0 Å². The van der Waals surface area contributed by atoms with E-state index in [2.05, 4.69) is 15.3 Å². The first-order chi connectivity index (χ1) is 14.5. The summed E-state index contributed by atoms with van der Waals surface area (Å²) in [7, 11) is 0. The van der Waals surface area contributed by atoms with Crippen LogP contribution in [0, 0.1) is 5.82 Å². The van der Waals surface area contributed by atoms with Crippen LogP contribution in [0.1, 0.15) is 41.4 Å². The molecule has 5 N–H and O–H groups in total. The van der Waals surface area contributed by atoms with E-state index in [1.807, 2.05) is 30.3 Å². The van der Waals surface area contributed by atoms with Crippen molar-refractivity contribution in [1.82, 2.24) is 9.97 Å². The van der Waals surface area contributed by atoms with Gasteiger partial charge in [-0.25, -0.2) is 4.39 Å². The van der Waals surface area contributed by atoms with E-state index >= 15 is 0 Å². The SMILES string of the molecule is Nc1nc(N)c2c(n1)NC1=C(C(=O)C[C@@H](c3ccccc3)C1)[C@@H]2c1ccc(F)cc1. The van der Waals surface area contributed by atoms with Gasteiger partial charge in [0.05, 0.1) is 0 Å². The van der Waals surface area contributed by atoms with Crippen molar-refractivity contribution in [1.29, 1.82) is 0 Å². The van der Waals surface area contributed by atoms with Crippen LogP contribution in [0.3, 0.4) is 0 Å². The fourth-order valence-corrected chi connectivity index (χ4v) is 4.51. The minimum Gasteiger partial charge on any atom is -0.383 e. The summed E-state index contributed by atoms with van der Waals surface area (Å²) in [6.45, 7) is 0. The zero-order valence-corrected chi connectivity index (χ0v) is 16.1. The lowest BCUT2D eigenvalue weighted by atomic mass is 9.72. The highest BCUT2D eigenvalue weighted by molar-refractivity contribution is 6.02. The highest BCUT2D eigenvalue weighted by atomic mass is 19.1. The first-order valence-electron chi connectivity index (χ1n) is 9.78. The van der Waals surface area contributed by atoms with Crippen molar-refractivity contribution >= 4 is 23.4 Å². The predicted molar refractivity (Wildman–Crippen MR) is 113 cm³/mol. The number of carbonyl (C=O) groups excluding carboxylic acids is 1. The molecule has 150 valence electrons. The van der Waals surface area contributed by atoms with Gasteiger partial charge in [-0.1, -0.05) is 42.5 Å². The van der Waals surface area contributed by atoms with Gasteiger partial charge in [0.25, 0.3) is 0 Å². The minimum absolute atomic E-state index is 0.0359. The second kappa shape index (κ2) is 6.95. The highest BCUT2D eigenvalue weighted by Gasteiger charge is 2.40. The van der Waals surface area contributed by atoms with Crippen molar-refractivity contribution in [3.8, 4) is 0 Å². The van der Waals surface area contributed by atoms with Gasteiger partial charge in [0.2, 0.25) is 5.95 Å². The van der Waals surface area contributed by atoms with E-state index < -0.39 is 5.92 Å². The summed E-state index contributed by atoms with van der Waals surface area (Å²) in [5, 5.41) is 3.30. The molecule has 6 nitrogen and oxygen atoms in total. The maximum atomic E-state index is 13.6. The molecule has 2 atom stereocenters. The zero-order chi connectivity index (χ0) is 20.8. The number of ketones is 1. The van der Waals surface area contributed by atoms with E-state index in [1.165, 1.54) is 12.1 Å². The molecule has 0 spiro atoms. The molecule has 2 aromatic carbocycles. The van der Waals surface area contributed by atoms with Crippen molar-refractivity contribution < 1.29 is 9.18 Å². The molecule has 0 saturated carbocycles. The van der Waals surface area contributed by atoms with E-state index in [4.69, 9.17) is 11.5 Å². The molecule has 1 aliphatic carbocycles. The van der Waals surface area contributed by atoms with Crippen LogP contribution in [0.2, 0.25) is 0 Å². The van der Waals surface area contributed by atoms with E-state index in [9.17, 15) is 9.18 Å².